The van der Waals surface area contributed by atoms with Crippen molar-refractivity contribution in [2.24, 2.45) is 0 Å². The summed E-state index contributed by atoms with van der Waals surface area (Å²) < 4.78 is 50.5. The van der Waals surface area contributed by atoms with Gasteiger partial charge in [0.1, 0.15) is 5.82 Å². The fourth-order valence-electron chi connectivity index (χ4n) is 1.85. The van der Waals surface area contributed by atoms with Crippen molar-refractivity contribution in [2.75, 3.05) is 25.5 Å². The first kappa shape index (κ1) is 15.8. The summed E-state index contributed by atoms with van der Waals surface area (Å²) in [6.07, 6.45) is -5.14. The van der Waals surface area contributed by atoms with E-state index < -0.39 is 18.4 Å². The molecule has 0 aliphatic rings. The second-order valence-electron chi connectivity index (χ2n) is 4.47. The van der Waals surface area contributed by atoms with Crippen LogP contribution >= 0.6 is 0 Å². The van der Waals surface area contributed by atoms with E-state index in [4.69, 9.17) is 0 Å². The number of anilines is 1. The molecule has 0 amide bonds. The average molecular weight is 278 g/mol. The molecule has 6 heteroatoms. The van der Waals surface area contributed by atoms with Gasteiger partial charge < -0.3 is 10.2 Å². The molecule has 0 fully saturated rings. The minimum atomic E-state index is -4.21. The first-order valence-corrected chi connectivity index (χ1v) is 6.00. The highest BCUT2D eigenvalue weighted by molar-refractivity contribution is 5.55. The van der Waals surface area contributed by atoms with Crippen LogP contribution < -0.4 is 10.2 Å². The summed E-state index contributed by atoms with van der Waals surface area (Å²) in [6, 6.07) is 4.16. The Bertz CT molecular complexity index is 418. The number of nitrogens with one attached hydrogen (secondary N) is 1. The zero-order chi connectivity index (χ0) is 14.6. The van der Waals surface area contributed by atoms with Crippen LogP contribution in [0.1, 0.15) is 24.9 Å². The lowest BCUT2D eigenvalue weighted by molar-refractivity contribution is -0.132. The second-order valence-corrected chi connectivity index (χ2v) is 4.47. The molecule has 1 N–H and O–H groups in total. The molecule has 0 spiro atoms. The molecule has 108 valence electrons. The molecule has 0 aliphatic heterocycles. The van der Waals surface area contributed by atoms with Crippen molar-refractivity contribution in [2.45, 2.75) is 25.6 Å². The van der Waals surface area contributed by atoms with Gasteiger partial charge in [0.2, 0.25) is 0 Å². The predicted octanol–water partition coefficient (Wildman–Crippen LogP) is 3.49. The minimum Gasteiger partial charge on any atom is -0.374 e. The first-order valence-electron chi connectivity index (χ1n) is 6.00. The Labute approximate surface area is 110 Å². The van der Waals surface area contributed by atoms with E-state index in [2.05, 4.69) is 5.32 Å². The fraction of sp³-hybridized carbons (Fsp3) is 0.538. The Morgan fingerprint density at radius 3 is 2.47 bits per heavy atom. The van der Waals surface area contributed by atoms with Crippen LogP contribution in [0.5, 0.6) is 0 Å². The Hall–Kier alpha value is -1.30. The van der Waals surface area contributed by atoms with Gasteiger partial charge >= 0.3 is 6.18 Å². The van der Waals surface area contributed by atoms with Gasteiger partial charge in [-0.2, -0.15) is 13.2 Å². The summed E-state index contributed by atoms with van der Waals surface area (Å²) in [5, 5.41) is 2.90. The molecule has 1 rings (SSSR count). The minimum absolute atomic E-state index is 0.198. The topological polar surface area (TPSA) is 15.3 Å². The van der Waals surface area contributed by atoms with Gasteiger partial charge in [0, 0.05) is 30.9 Å². The van der Waals surface area contributed by atoms with E-state index in [1.807, 2.05) is 0 Å². The summed E-state index contributed by atoms with van der Waals surface area (Å²) >= 11 is 0. The number of benzene rings is 1. The second kappa shape index (κ2) is 6.23. The molecule has 0 aliphatic carbocycles. The van der Waals surface area contributed by atoms with Gasteiger partial charge in [-0.1, -0.05) is 6.07 Å². The molecule has 1 aromatic rings. The molecule has 0 saturated carbocycles. The zero-order valence-corrected chi connectivity index (χ0v) is 11.2. The highest BCUT2D eigenvalue weighted by Crippen LogP contribution is 2.29. The van der Waals surface area contributed by atoms with Crippen LogP contribution in [0.25, 0.3) is 0 Å². The zero-order valence-electron chi connectivity index (χ0n) is 11.2. The SMILES string of the molecule is CNC(C)c1c(F)cccc1N(C)CCC(F)(F)F. The lowest BCUT2D eigenvalue weighted by Gasteiger charge is -2.25. The van der Waals surface area contributed by atoms with Gasteiger partial charge in [0.05, 0.1) is 6.42 Å². The molecule has 1 aromatic carbocycles. The first-order chi connectivity index (χ1) is 8.76. The molecular formula is C13H18F4N2. The van der Waals surface area contributed by atoms with Crippen molar-refractivity contribution in [3.05, 3.63) is 29.6 Å². The third-order valence-electron chi connectivity index (χ3n) is 3.04. The van der Waals surface area contributed by atoms with Crippen molar-refractivity contribution in [1.29, 1.82) is 0 Å². The van der Waals surface area contributed by atoms with E-state index in [1.165, 1.54) is 24.1 Å². The van der Waals surface area contributed by atoms with E-state index >= 15 is 0 Å². The van der Waals surface area contributed by atoms with E-state index in [-0.39, 0.29) is 12.6 Å². The summed E-state index contributed by atoms with van der Waals surface area (Å²) in [5.41, 5.74) is 0.862. The van der Waals surface area contributed by atoms with E-state index in [0.29, 0.717) is 11.3 Å². The maximum Gasteiger partial charge on any atom is 0.390 e. The molecule has 0 saturated heterocycles. The molecule has 19 heavy (non-hydrogen) atoms. The van der Waals surface area contributed by atoms with Crippen molar-refractivity contribution >= 4 is 5.69 Å². The molecule has 0 radical (unpaired) electrons. The van der Waals surface area contributed by atoms with Crippen molar-refractivity contribution < 1.29 is 17.6 Å². The Kier molecular flexibility index (Phi) is 5.17. The molecule has 2 nitrogen and oxygen atoms in total. The van der Waals surface area contributed by atoms with Gasteiger partial charge in [-0.25, -0.2) is 4.39 Å². The third-order valence-corrected chi connectivity index (χ3v) is 3.04. The smallest absolute Gasteiger partial charge is 0.374 e. The average Bonchev–Trinajstić information content (AvgIpc) is 2.33. The normalized spacial score (nSPS) is 13.4. The van der Waals surface area contributed by atoms with Gasteiger partial charge in [-0.3, -0.25) is 0 Å². The van der Waals surface area contributed by atoms with E-state index in [9.17, 15) is 17.6 Å². The highest BCUT2D eigenvalue weighted by Gasteiger charge is 2.28. The summed E-state index contributed by atoms with van der Waals surface area (Å²) in [4.78, 5) is 1.43. The molecule has 0 aromatic heterocycles. The van der Waals surface area contributed by atoms with Crippen molar-refractivity contribution in [3.8, 4) is 0 Å². The standard InChI is InChI=1S/C13H18F4N2/c1-9(18-2)12-10(14)5-4-6-11(12)19(3)8-7-13(15,16)17/h4-6,9,18H,7-8H2,1-3H3. The van der Waals surface area contributed by atoms with Gasteiger partial charge in [-0.15, -0.1) is 0 Å². The van der Waals surface area contributed by atoms with Crippen molar-refractivity contribution in [1.82, 2.24) is 5.32 Å². The van der Waals surface area contributed by atoms with Crippen LogP contribution in [0.3, 0.4) is 0 Å². The quantitative estimate of drug-likeness (QED) is 0.829. The molecule has 1 unspecified atom stereocenters. The largest absolute Gasteiger partial charge is 0.390 e. The Balaban J connectivity index is 2.96. The van der Waals surface area contributed by atoms with Crippen LogP contribution in [-0.2, 0) is 0 Å². The van der Waals surface area contributed by atoms with Crippen molar-refractivity contribution in [3.63, 3.8) is 0 Å². The van der Waals surface area contributed by atoms with Crippen LogP contribution in [-0.4, -0.2) is 26.8 Å². The molecule has 0 bridgehead atoms. The van der Waals surface area contributed by atoms with Gasteiger partial charge in [0.25, 0.3) is 0 Å². The molecule has 1 atom stereocenters. The maximum atomic E-state index is 13.8. The Morgan fingerprint density at radius 2 is 1.95 bits per heavy atom. The van der Waals surface area contributed by atoms with E-state index in [1.54, 1.807) is 20.0 Å². The van der Waals surface area contributed by atoms with Gasteiger partial charge in [0.15, 0.2) is 0 Å². The fourth-order valence-corrected chi connectivity index (χ4v) is 1.85. The summed E-state index contributed by atoms with van der Waals surface area (Å²) in [7, 11) is 3.21. The van der Waals surface area contributed by atoms with E-state index in [0.717, 1.165) is 0 Å². The molecule has 0 heterocycles. The Morgan fingerprint density at radius 1 is 1.32 bits per heavy atom. The van der Waals surface area contributed by atoms with Crippen LogP contribution in [0, 0.1) is 5.82 Å². The number of alkyl halides is 3. The number of hydrogen-bond acceptors (Lipinski definition) is 2. The van der Waals surface area contributed by atoms with Crippen LogP contribution in [0.15, 0.2) is 18.2 Å². The third kappa shape index (κ3) is 4.38. The maximum absolute atomic E-state index is 13.8. The summed E-state index contributed by atoms with van der Waals surface area (Å²) in [6.45, 7) is 1.57. The predicted molar refractivity (Wildman–Crippen MR) is 67.8 cm³/mol. The number of halogens is 4. The number of hydrogen-bond donors (Lipinski definition) is 1. The summed E-state index contributed by atoms with van der Waals surface area (Å²) in [5.74, 6) is -0.418. The highest BCUT2D eigenvalue weighted by atomic mass is 19.4. The lowest BCUT2D eigenvalue weighted by atomic mass is 10.0. The lowest BCUT2D eigenvalue weighted by Crippen LogP contribution is -2.27. The van der Waals surface area contributed by atoms with Gasteiger partial charge in [-0.05, 0) is 26.1 Å². The number of nitrogens with zero attached hydrogens (tertiary/aromatic N) is 1. The monoisotopic (exact) mass is 278 g/mol. The molecular weight excluding hydrogens is 260 g/mol. The number of rotatable bonds is 5. The van der Waals surface area contributed by atoms with Crippen LogP contribution in [0.4, 0.5) is 23.2 Å². The van der Waals surface area contributed by atoms with Crippen LogP contribution in [0.2, 0.25) is 0 Å².